The summed E-state index contributed by atoms with van der Waals surface area (Å²) in [5, 5.41) is 8.89. The molecular formula is C19H25F3N2O3. The second kappa shape index (κ2) is 10.2. The minimum absolute atomic E-state index is 0.0943. The van der Waals surface area contributed by atoms with Crippen LogP contribution in [0.3, 0.4) is 0 Å². The Balaban J connectivity index is 3.13. The van der Waals surface area contributed by atoms with Gasteiger partial charge in [-0.05, 0) is 37.5 Å². The Morgan fingerprint density at radius 1 is 1.33 bits per heavy atom. The number of halogens is 3. The zero-order chi connectivity index (χ0) is 20.6. The van der Waals surface area contributed by atoms with E-state index in [4.69, 9.17) is 14.7 Å². The fourth-order valence-corrected chi connectivity index (χ4v) is 2.55. The summed E-state index contributed by atoms with van der Waals surface area (Å²) in [7, 11) is 1.52. The van der Waals surface area contributed by atoms with Crippen molar-refractivity contribution in [1.29, 1.82) is 5.26 Å². The number of hydrogen-bond donors (Lipinski definition) is 0. The Kier molecular flexibility index (Phi) is 8.57. The van der Waals surface area contributed by atoms with Gasteiger partial charge in [0.2, 0.25) is 0 Å². The summed E-state index contributed by atoms with van der Waals surface area (Å²) >= 11 is 0. The molecule has 1 amide bonds. The minimum Gasteiger partial charge on any atom is -0.481 e. The molecule has 1 unspecified atom stereocenters. The zero-order valence-corrected chi connectivity index (χ0v) is 16.0. The molecule has 27 heavy (non-hydrogen) atoms. The first kappa shape index (κ1) is 22.8. The average molecular weight is 386 g/mol. The number of methoxy groups -OCH3 is 1. The Hall–Kier alpha value is -2.27. The molecule has 0 aromatic heterocycles. The number of ether oxygens (including phenoxy) is 2. The largest absolute Gasteiger partial charge is 0.481 e. The summed E-state index contributed by atoms with van der Waals surface area (Å²) in [5.74, 6) is -0.301. The van der Waals surface area contributed by atoms with E-state index >= 15 is 0 Å². The van der Waals surface area contributed by atoms with Gasteiger partial charge >= 0.3 is 6.18 Å². The van der Waals surface area contributed by atoms with Crippen LogP contribution in [0, 0.1) is 17.2 Å². The summed E-state index contributed by atoms with van der Waals surface area (Å²) in [5.41, 5.74) is -1.57. The van der Waals surface area contributed by atoms with E-state index in [-0.39, 0.29) is 17.6 Å². The molecule has 8 heteroatoms. The van der Waals surface area contributed by atoms with Crippen molar-refractivity contribution in [1.82, 2.24) is 4.90 Å². The van der Waals surface area contributed by atoms with Crippen molar-refractivity contribution >= 4 is 5.91 Å². The third-order valence-corrected chi connectivity index (χ3v) is 3.91. The SMILES string of the molecule is CCN(CCOC)C(=O)C(CC(C)C)Oc1ccc(C#N)c(C(F)(F)F)c1. The molecule has 1 rings (SSSR count). The number of nitriles is 1. The van der Waals surface area contributed by atoms with Gasteiger partial charge < -0.3 is 14.4 Å². The van der Waals surface area contributed by atoms with E-state index in [1.165, 1.54) is 19.2 Å². The van der Waals surface area contributed by atoms with E-state index in [1.807, 2.05) is 20.8 Å². The fourth-order valence-electron chi connectivity index (χ4n) is 2.55. The molecule has 0 aliphatic carbocycles. The van der Waals surface area contributed by atoms with Crippen LogP contribution in [0.15, 0.2) is 18.2 Å². The van der Waals surface area contributed by atoms with Crippen molar-refractivity contribution < 1.29 is 27.4 Å². The maximum absolute atomic E-state index is 13.1. The van der Waals surface area contributed by atoms with Gasteiger partial charge in [0.25, 0.3) is 5.91 Å². The molecule has 0 saturated heterocycles. The highest BCUT2D eigenvalue weighted by Crippen LogP contribution is 2.34. The van der Waals surface area contributed by atoms with E-state index in [1.54, 1.807) is 4.90 Å². The second-order valence-corrected chi connectivity index (χ2v) is 6.46. The molecule has 1 atom stereocenters. The molecule has 0 spiro atoms. The molecular weight excluding hydrogens is 361 g/mol. The molecule has 0 fully saturated rings. The summed E-state index contributed by atoms with van der Waals surface area (Å²) < 4.78 is 50.1. The number of alkyl halides is 3. The summed E-state index contributed by atoms with van der Waals surface area (Å²) in [4.78, 5) is 14.3. The highest BCUT2D eigenvalue weighted by atomic mass is 19.4. The van der Waals surface area contributed by atoms with Crippen LogP contribution >= 0.6 is 0 Å². The third-order valence-electron chi connectivity index (χ3n) is 3.91. The van der Waals surface area contributed by atoms with E-state index in [2.05, 4.69) is 0 Å². The maximum Gasteiger partial charge on any atom is 0.417 e. The molecule has 0 N–H and O–H groups in total. The van der Waals surface area contributed by atoms with Crippen LogP contribution in [0.1, 0.15) is 38.3 Å². The number of carbonyl (C=O) groups excluding carboxylic acids is 1. The van der Waals surface area contributed by atoms with Crippen LogP contribution in [0.4, 0.5) is 13.2 Å². The van der Waals surface area contributed by atoms with E-state index in [0.717, 1.165) is 12.1 Å². The monoisotopic (exact) mass is 386 g/mol. The van der Waals surface area contributed by atoms with Crippen molar-refractivity contribution in [3.05, 3.63) is 29.3 Å². The number of likely N-dealkylation sites (N-methyl/N-ethyl adjacent to an activating group) is 1. The van der Waals surface area contributed by atoms with Crippen molar-refractivity contribution in [3.8, 4) is 11.8 Å². The number of rotatable bonds is 9. The fraction of sp³-hybridized carbons (Fsp3) is 0.579. The lowest BCUT2D eigenvalue weighted by atomic mass is 10.0. The molecule has 0 aliphatic heterocycles. The van der Waals surface area contributed by atoms with Crippen LogP contribution in [0.25, 0.3) is 0 Å². The normalized spacial score (nSPS) is 12.6. The molecule has 150 valence electrons. The Bertz CT molecular complexity index is 669. The zero-order valence-electron chi connectivity index (χ0n) is 16.0. The number of carbonyl (C=O) groups is 1. The Labute approximate surface area is 157 Å². The number of benzene rings is 1. The van der Waals surface area contributed by atoms with Crippen molar-refractivity contribution in [3.63, 3.8) is 0 Å². The molecule has 5 nitrogen and oxygen atoms in total. The number of amides is 1. The quantitative estimate of drug-likeness (QED) is 0.646. The van der Waals surface area contributed by atoms with Gasteiger partial charge in [0.1, 0.15) is 5.75 Å². The van der Waals surface area contributed by atoms with Gasteiger partial charge in [-0.1, -0.05) is 13.8 Å². The van der Waals surface area contributed by atoms with Gasteiger partial charge in [-0.25, -0.2) is 0 Å². The predicted octanol–water partition coefficient (Wildman–Crippen LogP) is 3.87. The molecule has 0 aliphatic rings. The van der Waals surface area contributed by atoms with Crippen LogP contribution in [-0.4, -0.2) is 43.7 Å². The third kappa shape index (κ3) is 6.75. The van der Waals surface area contributed by atoms with Gasteiger partial charge in [0.05, 0.1) is 23.8 Å². The summed E-state index contributed by atoms with van der Waals surface area (Å²) in [6.45, 7) is 6.75. The van der Waals surface area contributed by atoms with Gasteiger partial charge in [-0.2, -0.15) is 18.4 Å². The molecule has 0 heterocycles. The topological polar surface area (TPSA) is 62.6 Å². The highest BCUT2D eigenvalue weighted by molar-refractivity contribution is 5.81. The van der Waals surface area contributed by atoms with Crippen LogP contribution in [0.2, 0.25) is 0 Å². The first-order valence-electron chi connectivity index (χ1n) is 8.69. The lowest BCUT2D eigenvalue weighted by molar-refractivity contribution is -0.140. The second-order valence-electron chi connectivity index (χ2n) is 6.46. The predicted molar refractivity (Wildman–Crippen MR) is 94.2 cm³/mol. The molecule has 0 bridgehead atoms. The van der Waals surface area contributed by atoms with Gasteiger partial charge in [-0.15, -0.1) is 0 Å². The first-order valence-corrected chi connectivity index (χ1v) is 8.69. The van der Waals surface area contributed by atoms with Crippen LogP contribution in [0.5, 0.6) is 5.75 Å². The van der Waals surface area contributed by atoms with Crippen molar-refractivity contribution in [2.24, 2.45) is 5.92 Å². The maximum atomic E-state index is 13.1. The van der Waals surface area contributed by atoms with Gasteiger partial charge in [0.15, 0.2) is 6.10 Å². The van der Waals surface area contributed by atoms with Crippen molar-refractivity contribution in [2.45, 2.75) is 39.5 Å². The smallest absolute Gasteiger partial charge is 0.417 e. The minimum atomic E-state index is -4.68. The van der Waals surface area contributed by atoms with Crippen LogP contribution in [-0.2, 0) is 15.7 Å². The molecule has 0 saturated carbocycles. The lowest BCUT2D eigenvalue weighted by Gasteiger charge is -2.28. The molecule has 1 aromatic rings. The number of hydrogen-bond acceptors (Lipinski definition) is 4. The van der Waals surface area contributed by atoms with Gasteiger partial charge in [0, 0.05) is 20.2 Å². The van der Waals surface area contributed by atoms with E-state index in [0.29, 0.717) is 26.1 Å². The highest BCUT2D eigenvalue weighted by Gasteiger charge is 2.35. The van der Waals surface area contributed by atoms with Gasteiger partial charge in [-0.3, -0.25) is 4.79 Å². The van der Waals surface area contributed by atoms with E-state index in [9.17, 15) is 18.0 Å². The first-order chi connectivity index (χ1) is 12.6. The van der Waals surface area contributed by atoms with Crippen LogP contribution < -0.4 is 4.74 Å². The summed E-state index contributed by atoms with van der Waals surface area (Å²) in [6.07, 6.45) is -5.25. The standard InChI is InChI=1S/C19H25F3N2O3/c1-5-24(8-9-26-4)18(25)17(10-13(2)3)27-15-7-6-14(12-23)16(11-15)19(20,21)22/h6-7,11,13,17H,5,8-10H2,1-4H3. The summed E-state index contributed by atoms with van der Waals surface area (Å²) in [6, 6.07) is 4.62. The Morgan fingerprint density at radius 3 is 2.48 bits per heavy atom. The van der Waals surface area contributed by atoms with Crippen molar-refractivity contribution in [2.75, 3.05) is 26.8 Å². The number of nitrogens with zero attached hydrogens (tertiary/aromatic N) is 2. The average Bonchev–Trinajstić information content (AvgIpc) is 2.60. The van der Waals surface area contributed by atoms with E-state index < -0.39 is 23.4 Å². The lowest BCUT2D eigenvalue weighted by Crippen LogP contribution is -2.44. The Morgan fingerprint density at radius 2 is 2.00 bits per heavy atom. The molecule has 1 aromatic carbocycles. The molecule has 0 radical (unpaired) electrons.